The molecule has 7 heteroatoms. The number of carbonyl (C=O) groups excluding carboxylic acids is 1. The number of carbonyl (C=O) groups is 1. The lowest BCUT2D eigenvalue weighted by atomic mass is 10.4. The summed E-state index contributed by atoms with van der Waals surface area (Å²) in [6.07, 6.45) is 1.13. The normalized spacial score (nSPS) is 11.4. The number of hydrogen-bond donors (Lipinski definition) is 0. The summed E-state index contributed by atoms with van der Waals surface area (Å²) in [5.74, 6) is -0.625. The minimum atomic E-state index is -3.12. The summed E-state index contributed by atoms with van der Waals surface area (Å²) in [5.41, 5.74) is 0.505. The first-order valence-corrected chi connectivity index (χ1v) is 6.93. The van der Waals surface area contributed by atoms with Crippen LogP contribution in [0.3, 0.4) is 0 Å². The zero-order valence-electron chi connectivity index (χ0n) is 8.60. The molecule has 0 spiro atoms. The molecule has 0 saturated heterocycles. The van der Waals surface area contributed by atoms with E-state index in [-0.39, 0.29) is 5.75 Å². The van der Waals surface area contributed by atoms with Gasteiger partial charge in [0, 0.05) is 6.26 Å². The van der Waals surface area contributed by atoms with Gasteiger partial charge in [0.2, 0.25) is 0 Å². The molecule has 0 unspecified atom stereocenters. The molecule has 0 fully saturated rings. The van der Waals surface area contributed by atoms with Gasteiger partial charge in [-0.25, -0.2) is 18.2 Å². The highest BCUT2D eigenvalue weighted by Crippen LogP contribution is 2.20. The predicted octanol–water partition coefficient (Wildman–Crippen LogP) is 0.783. The number of rotatable bonds is 3. The second-order valence-electron chi connectivity index (χ2n) is 3.08. The smallest absolute Gasteiger partial charge is 0.349 e. The van der Waals surface area contributed by atoms with E-state index in [0.29, 0.717) is 15.6 Å². The number of ether oxygens (including phenoxy) is 1. The van der Waals surface area contributed by atoms with Gasteiger partial charge in [0.05, 0.1) is 12.8 Å². The van der Waals surface area contributed by atoms with Crippen molar-refractivity contribution in [1.29, 1.82) is 0 Å². The van der Waals surface area contributed by atoms with Crippen molar-refractivity contribution < 1.29 is 17.9 Å². The first kappa shape index (κ1) is 12.1. The molecule has 0 aliphatic carbocycles. The van der Waals surface area contributed by atoms with E-state index in [4.69, 9.17) is 0 Å². The number of methoxy groups -OCH3 is 1. The molecule has 1 aromatic heterocycles. The maximum Gasteiger partial charge on any atom is 0.349 e. The van der Waals surface area contributed by atoms with Crippen molar-refractivity contribution in [2.24, 2.45) is 0 Å². The van der Waals surface area contributed by atoms with Crippen molar-refractivity contribution in [1.82, 2.24) is 4.98 Å². The average molecular weight is 249 g/mol. The van der Waals surface area contributed by atoms with E-state index in [9.17, 15) is 13.2 Å². The molecular formula is C8H11NO4S2. The fourth-order valence-corrected chi connectivity index (χ4v) is 3.19. The molecular weight excluding hydrogens is 238 g/mol. The lowest BCUT2D eigenvalue weighted by molar-refractivity contribution is 0.0605. The summed E-state index contributed by atoms with van der Waals surface area (Å²) in [6.45, 7) is 1.65. The Bertz CT molecular complexity index is 475. The third kappa shape index (κ3) is 3.28. The van der Waals surface area contributed by atoms with Gasteiger partial charge in [-0.1, -0.05) is 0 Å². The molecule has 1 rings (SSSR count). The lowest BCUT2D eigenvalue weighted by Gasteiger charge is -1.93. The molecule has 0 aliphatic heterocycles. The van der Waals surface area contributed by atoms with Crippen LogP contribution in [0, 0.1) is 6.92 Å². The van der Waals surface area contributed by atoms with Gasteiger partial charge in [-0.15, -0.1) is 11.3 Å². The van der Waals surface area contributed by atoms with Crippen molar-refractivity contribution in [3.63, 3.8) is 0 Å². The van der Waals surface area contributed by atoms with E-state index >= 15 is 0 Å². The molecule has 0 amide bonds. The van der Waals surface area contributed by atoms with Crippen LogP contribution in [0.4, 0.5) is 0 Å². The number of nitrogens with zero attached hydrogens (tertiary/aromatic N) is 1. The van der Waals surface area contributed by atoms with Gasteiger partial charge in [-0.3, -0.25) is 0 Å². The highest BCUT2D eigenvalue weighted by Gasteiger charge is 2.17. The van der Waals surface area contributed by atoms with Crippen molar-refractivity contribution in [3.05, 3.63) is 15.6 Å². The fraction of sp³-hybridized carbons (Fsp3) is 0.500. The van der Waals surface area contributed by atoms with Gasteiger partial charge >= 0.3 is 5.97 Å². The monoisotopic (exact) mass is 249 g/mol. The Morgan fingerprint density at radius 3 is 2.60 bits per heavy atom. The van der Waals surface area contributed by atoms with Crippen LogP contribution in [-0.2, 0) is 20.3 Å². The first-order chi connectivity index (χ1) is 6.83. The second-order valence-corrected chi connectivity index (χ2v) is 6.31. The molecule has 5 nitrogen and oxygen atoms in total. The van der Waals surface area contributed by atoms with Crippen molar-refractivity contribution in [2.75, 3.05) is 13.4 Å². The average Bonchev–Trinajstić information content (AvgIpc) is 2.42. The van der Waals surface area contributed by atoms with Gasteiger partial charge in [-0.05, 0) is 6.92 Å². The molecule has 0 saturated carbocycles. The predicted molar refractivity (Wildman–Crippen MR) is 56.7 cm³/mol. The summed E-state index contributed by atoms with van der Waals surface area (Å²) in [6, 6.07) is 0. The standard InChI is InChI=1S/C8H11NO4S2/c1-5-7(8(10)13-2)14-6(9-5)4-15(3,11)12/h4H2,1-3H3. The Morgan fingerprint density at radius 2 is 2.13 bits per heavy atom. The largest absolute Gasteiger partial charge is 0.465 e. The van der Waals surface area contributed by atoms with Crippen LogP contribution in [0.5, 0.6) is 0 Å². The maximum atomic E-state index is 11.2. The van der Waals surface area contributed by atoms with Crippen LogP contribution in [0.1, 0.15) is 20.4 Å². The summed E-state index contributed by atoms with van der Waals surface area (Å²) < 4.78 is 26.6. The first-order valence-electron chi connectivity index (χ1n) is 4.06. The van der Waals surface area contributed by atoms with Crippen molar-refractivity contribution in [2.45, 2.75) is 12.7 Å². The zero-order chi connectivity index (χ0) is 11.6. The minimum absolute atomic E-state index is 0.143. The molecule has 0 N–H and O–H groups in total. The van der Waals surface area contributed by atoms with Crippen LogP contribution in [0.25, 0.3) is 0 Å². The van der Waals surface area contributed by atoms with E-state index in [1.165, 1.54) is 7.11 Å². The fourth-order valence-electron chi connectivity index (χ4n) is 1.02. The van der Waals surface area contributed by atoms with Crippen LogP contribution < -0.4 is 0 Å². The molecule has 0 bridgehead atoms. The molecule has 84 valence electrons. The molecule has 0 aromatic carbocycles. The van der Waals surface area contributed by atoms with E-state index < -0.39 is 15.8 Å². The summed E-state index contributed by atoms with van der Waals surface area (Å²) in [7, 11) is -1.84. The number of hydrogen-bond acceptors (Lipinski definition) is 6. The van der Waals surface area contributed by atoms with Gasteiger partial charge in [0.1, 0.15) is 15.6 Å². The van der Waals surface area contributed by atoms with Gasteiger partial charge < -0.3 is 4.74 Å². The molecule has 1 heterocycles. The quantitative estimate of drug-likeness (QED) is 0.740. The van der Waals surface area contributed by atoms with Gasteiger partial charge in [0.25, 0.3) is 0 Å². The third-order valence-electron chi connectivity index (χ3n) is 1.60. The maximum absolute atomic E-state index is 11.2. The van der Waals surface area contributed by atoms with E-state index in [2.05, 4.69) is 9.72 Å². The molecule has 0 aliphatic rings. The highest BCUT2D eigenvalue weighted by molar-refractivity contribution is 7.90. The van der Waals surface area contributed by atoms with Crippen LogP contribution in [0.15, 0.2) is 0 Å². The zero-order valence-corrected chi connectivity index (χ0v) is 10.2. The van der Waals surface area contributed by atoms with Crippen molar-refractivity contribution >= 4 is 27.1 Å². The lowest BCUT2D eigenvalue weighted by Crippen LogP contribution is -1.99. The molecule has 0 radical (unpaired) electrons. The Kier molecular flexibility index (Phi) is 3.46. The highest BCUT2D eigenvalue weighted by atomic mass is 32.2. The van der Waals surface area contributed by atoms with Crippen LogP contribution in [0.2, 0.25) is 0 Å². The Balaban J connectivity index is 3.01. The molecule has 0 atom stereocenters. The third-order valence-corrected chi connectivity index (χ3v) is 3.72. The Morgan fingerprint density at radius 1 is 1.53 bits per heavy atom. The topological polar surface area (TPSA) is 73.3 Å². The van der Waals surface area contributed by atoms with Gasteiger partial charge in [-0.2, -0.15) is 0 Å². The van der Waals surface area contributed by atoms with E-state index in [0.717, 1.165) is 17.6 Å². The van der Waals surface area contributed by atoms with Crippen molar-refractivity contribution in [3.8, 4) is 0 Å². The summed E-state index contributed by atoms with van der Waals surface area (Å²) >= 11 is 1.05. The Hall–Kier alpha value is -0.950. The summed E-state index contributed by atoms with van der Waals surface area (Å²) in [4.78, 5) is 15.6. The second kappa shape index (κ2) is 4.28. The van der Waals surface area contributed by atoms with E-state index in [1.54, 1.807) is 6.92 Å². The Labute approximate surface area is 92.0 Å². The molecule has 1 aromatic rings. The summed E-state index contributed by atoms with van der Waals surface area (Å²) in [5, 5.41) is 0.412. The van der Waals surface area contributed by atoms with Crippen LogP contribution >= 0.6 is 11.3 Å². The number of thiazole rings is 1. The molecule has 15 heavy (non-hydrogen) atoms. The van der Waals surface area contributed by atoms with Crippen LogP contribution in [-0.4, -0.2) is 32.7 Å². The number of esters is 1. The van der Waals surface area contributed by atoms with E-state index in [1.807, 2.05) is 0 Å². The number of aryl methyl sites for hydroxylation is 1. The number of aromatic nitrogens is 1. The van der Waals surface area contributed by atoms with Gasteiger partial charge in [0.15, 0.2) is 9.84 Å². The minimum Gasteiger partial charge on any atom is -0.465 e. The number of sulfone groups is 1. The SMILES string of the molecule is COC(=O)c1sc(CS(C)(=O)=O)nc1C.